The Morgan fingerprint density at radius 3 is 2.31 bits per heavy atom. The highest BCUT2D eigenvalue weighted by atomic mass is 28.3. The Labute approximate surface area is 296 Å². The zero-order chi connectivity index (χ0) is 33.8. The summed E-state index contributed by atoms with van der Waals surface area (Å²) in [4.78, 5) is 2.79. The van der Waals surface area contributed by atoms with Crippen LogP contribution in [0, 0.1) is 23.7 Å². The Morgan fingerprint density at radius 1 is 0.875 bits per heavy atom. The summed E-state index contributed by atoms with van der Waals surface area (Å²) in [5.41, 5.74) is 10.2. The Balaban J connectivity index is 1.26. The number of likely N-dealkylation sites (N-methyl/N-ethyl adjacent to an activating group) is 1. The van der Waals surface area contributed by atoms with Crippen LogP contribution in [0.1, 0.15) is 94.7 Å². The molecule has 2 fully saturated rings. The third kappa shape index (κ3) is 6.61. The minimum Gasteiger partial charge on any atom is -0.376 e. The monoisotopic (exact) mass is 681 g/mol. The van der Waals surface area contributed by atoms with Gasteiger partial charge in [-0.25, -0.2) is 0 Å². The smallest absolute Gasteiger partial charge is 0.0621 e. The van der Waals surface area contributed by atoms with Crippen LogP contribution in [0.3, 0.4) is 0 Å². The van der Waals surface area contributed by atoms with Crippen molar-refractivity contribution in [2.24, 2.45) is 23.7 Å². The van der Waals surface area contributed by atoms with Crippen LogP contribution in [0.15, 0.2) is 60.2 Å². The van der Waals surface area contributed by atoms with Gasteiger partial charge in [0.25, 0.3) is 0 Å². The van der Waals surface area contributed by atoms with E-state index < -0.39 is 16.1 Å². The highest BCUT2D eigenvalue weighted by Crippen LogP contribution is 2.69. The van der Waals surface area contributed by atoms with Gasteiger partial charge < -0.3 is 9.64 Å². The number of unbranched alkanes of at least 4 members (excludes halogenated alkanes) is 3. The number of hydrogen-bond acceptors (Lipinski definition) is 2. The fraction of sp³-hybridized carbons (Fsp3) is 0.682. The molecule has 2 saturated carbocycles. The van der Waals surface area contributed by atoms with E-state index in [0.717, 1.165) is 30.0 Å². The summed E-state index contributed by atoms with van der Waals surface area (Å²) in [7, 11) is -0.580. The standard InChI is InChI=1S/C44H67NOSi2/c1-44(2,3)46-25-17-9-10-18-26-48(8,40-29-33(30-47(5,6)7)34-21-13-14-22-35(34)40)43-37-24-16-15-23-36(37)42-41(43)38-27-31-19-11-12-20-32(31)28-39(38)45(42)4/h13,15-16,21-24,27-28,33-34,36-37,40-43H,9-12,14,17-20,25-26,29-30H2,1-8H3. The molecule has 2 nitrogen and oxygen atoms in total. The molecule has 1 aromatic carbocycles. The van der Waals surface area contributed by atoms with Gasteiger partial charge >= 0.3 is 0 Å². The van der Waals surface area contributed by atoms with E-state index >= 15 is 0 Å². The third-order valence-electron chi connectivity index (χ3n) is 13.7. The van der Waals surface area contributed by atoms with Crippen molar-refractivity contribution in [3.05, 3.63) is 76.9 Å². The van der Waals surface area contributed by atoms with Gasteiger partial charge in [0.1, 0.15) is 0 Å². The lowest BCUT2D eigenvalue weighted by Gasteiger charge is -2.46. The van der Waals surface area contributed by atoms with E-state index in [9.17, 15) is 0 Å². The lowest BCUT2D eigenvalue weighted by molar-refractivity contribution is -0.00471. The fourth-order valence-corrected chi connectivity index (χ4v) is 20.4. The summed E-state index contributed by atoms with van der Waals surface area (Å²) in [5.74, 6) is 3.55. The van der Waals surface area contributed by atoms with Crippen molar-refractivity contribution in [3.8, 4) is 0 Å². The Hall–Kier alpha value is -1.63. The first kappa shape index (κ1) is 34.8. The minimum absolute atomic E-state index is 0.0272. The maximum atomic E-state index is 6.12. The second kappa shape index (κ2) is 13.5. The van der Waals surface area contributed by atoms with Crippen molar-refractivity contribution in [2.75, 3.05) is 18.6 Å². The minimum atomic E-state index is -1.86. The molecular weight excluding hydrogens is 615 g/mol. The first-order valence-corrected chi connectivity index (χ1v) is 26.7. The molecule has 1 heterocycles. The Kier molecular flexibility index (Phi) is 9.78. The van der Waals surface area contributed by atoms with Crippen LogP contribution < -0.4 is 4.90 Å². The summed E-state index contributed by atoms with van der Waals surface area (Å²) in [5, 5.41) is 0. The second-order valence-electron chi connectivity index (χ2n) is 19.3. The average Bonchev–Trinajstić information content (AvgIpc) is 3.67. The molecule has 1 aliphatic heterocycles. The van der Waals surface area contributed by atoms with E-state index in [1.807, 2.05) is 5.57 Å². The van der Waals surface area contributed by atoms with Crippen molar-refractivity contribution in [2.45, 2.75) is 152 Å². The van der Waals surface area contributed by atoms with Gasteiger partial charge in [-0.05, 0) is 111 Å². The van der Waals surface area contributed by atoms with Crippen molar-refractivity contribution >= 4 is 21.8 Å². The quantitative estimate of drug-likeness (QED) is 0.131. The van der Waals surface area contributed by atoms with Crippen LogP contribution in [-0.4, -0.2) is 41.4 Å². The SMILES string of the molecule is CN1c2cc3c(cc2C2C1C1C=CC=CC1C2[Si](C)(CCCCCCOC(C)(C)C)C1CC(C[Si](C)(C)C)C2C=CCC=C21)CCCC3. The molecule has 5 aliphatic carbocycles. The number of fused-ring (bicyclic) bond motifs is 7. The number of allylic oxidation sites excluding steroid dienone is 7. The molecule has 262 valence electrons. The molecule has 0 N–H and O–H groups in total. The zero-order valence-electron chi connectivity index (χ0n) is 31.9. The van der Waals surface area contributed by atoms with Gasteiger partial charge in [0.15, 0.2) is 0 Å². The van der Waals surface area contributed by atoms with E-state index in [2.05, 4.69) is 114 Å². The normalized spacial score (nSPS) is 33.2. The maximum Gasteiger partial charge on any atom is 0.0621 e. The number of ether oxygens (including phenoxy) is 1. The number of anilines is 1. The summed E-state index contributed by atoms with van der Waals surface area (Å²) in [6.07, 6.45) is 31.3. The van der Waals surface area contributed by atoms with Gasteiger partial charge in [-0.2, -0.15) is 0 Å². The second-order valence-corrected chi connectivity index (χ2v) is 29.7. The predicted octanol–water partition coefficient (Wildman–Crippen LogP) is 11.9. The van der Waals surface area contributed by atoms with E-state index in [1.165, 1.54) is 69.9 Å². The lowest BCUT2D eigenvalue weighted by Crippen LogP contribution is -2.45. The zero-order valence-corrected chi connectivity index (χ0v) is 33.9. The van der Waals surface area contributed by atoms with Gasteiger partial charge in [0.05, 0.1) is 13.7 Å². The number of nitrogens with zero attached hydrogens (tertiary/aromatic N) is 1. The molecule has 0 aromatic heterocycles. The van der Waals surface area contributed by atoms with Gasteiger partial charge in [-0.1, -0.05) is 112 Å². The molecule has 48 heavy (non-hydrogen) atoms. The molecule has 0 amide bonds. The van der Waals surface area contributed by atoms with E-state index in [4.69, 9.17) is 4.74 Å². The topological polar surface area (TPSA) is 12.5 Å². The molecule has 0 spiro atoms. The van der Waals surface area contributed by atoms with Gasteiger partial charge in [0, 0.05) is 51.2 Å². The predicted molar refractivity (Wildman–Crippen MR) is 213 cm³/mol. The molecule has 9 atom stereocenters. The molecule has 4 heteroatoms. The Bertz CT molecular complexity index is 1460. The van der Waals surface area contributed by atoms with Crippen LogP contribution >= 0.6 is 0 Å². The van der Waals surface area contributed by atoms with Gasteiger partial charge in [0.2, 0.25) is 0 Å². The first-order valence-electron chi connectivity index (χ1n) is 20.1. The summed E-state index contributed by atoms with van der Waals surface area (Å²) in [6, 6.07) is 9.01. The van der Waals surface area contributed by atoms with Crippen molar-refractivity contribution < 1.29 is 4.74 Å². The van der Waals surface area contributed by atoms with Crippen LogP contribution in [-0.2, 0) is 17.6 Å². The average molecular weight is 682 g/mol. The maximum absolute atomic E-state index is 6.12. The van der Waals surface area contributed by atoms with E-state index in [0.29, 0.717) is 29.7 Å². The number of benzene rings is 1. The first-order chi connectivity index (χ1) is 22.9. The molecule has 9 unspecified atom stereocenters. The molecular formula is C44H67NOSi2. The molecule has 7 rings (SSSR count). The number of aryl methyl sites for hydroxylation is 2. The molecule has 1 aromatic rings. The third-order valence-corrected chi connectivity index (χ3v) is 21.3. The largest absolute Gasteiger partial charge is 0.376 e. The van der Waals surface area contributed by atoms with E-state index in [-0.39, 0.29) is 5.60 Å². The molecule has 0 saturated heterocycles. The molecule has 0 bridgehead atoms. The van der Waals surface area contributed by atoms with Crippen LogP contribution in [0.25, 0.3) is 0 Å². The number of hydrogen-bond donors (Lipinski definition) is 0. The van der Waals surface area contributed by atoms with Crippen LogP contribution in [0.2, 0.25) is 49.4 Å². The van der Waals surface area contributed by atoms with Crippen LogP contribution in [0.5, 0.6) is 0 Å². The lowest BCUT2D eigenvalue weighted by atomic mass is 9.86. The van der Waals surface area contributed by atoms with E-state index in [1.54, 1.807) is 22.4 Å². The fourth-order valence-electron chi connectivity index (χ4n) is 11.9. The van der Waals surface area contributed by atoms with Crippen LogP contribution in [0.4, 0.5) is 5.69 Å². The Morgan fingerprint density at radius 2 is 1.58 bits per heavy atom. The summed E-state index contributed by atoms with van der Waals surface area (Å²) in [6.45, 7) is 18.3. The molecule has 0 radical (unpaired) electrons. The summed E-state index contributed by atoms with van der Waals surface area (Å²) < 4.78 is 6.12. The van der Waals surface area contributed by atoms with Crippen molar-refractivity contribution in [3.63, 3.8) is 0 Å². The van der Waals surface area contributed by atoms with Crippen molar-refractivity contribution in [1.82, 2.24) is 0 Å². The highest BCUT2D eigenvalue weighted by molar-refractivity contribution is 6.82. The van der Waals surface area contributed by atoms with Gasteiger partial charge in [-0.3, -0.25) is 0 Å². The van der Waals surface area contributed by atoms with Crippen molar-refractivity contribution in [1.29, 1.82) is 0 Å². The molecule has 6 aliphatic rings. The highest BCUT2D eigenvalue weighted by Gasteiger charge is 2.63. The summed E-state index contributed by atoms with van der Waals surface area (Å²) >= 11 is 0. The number of rotatable bonds is 11. The van der Waals surface area contributed by atoms with Gasteiger partial charge in [-0.15, -0.1) is 0 Å².